The average molecular weight is 456 g/mol. The molecule has 33 heavy (non-hydrogen) atoms. The van der Waals surface area contributed by atoms with Gasteiger partial charge in [0.2, 0.25) is 5.76 Å². The first kappa shape index (κ1) is 23.3. The number of esters is 1. The maximum Gasteiger partial charge on any atom is 0.373 e. The molecule has 3 aromatic rings. The third-order valence-electron chi connectivity index (χ3n) is 4.75. The third kappa shape index (κ3) is 5.12. The van der Waals surface area contributed by atoms with Gasteiger partial charge in [-0.15, -0.1) is 0 Å². The third-order valence-corrected chi connectivity index (χ3v) is 4.75. The molecule has 8 nitrogen and oxygen atoms in total. The van der Waals surface area contributed by atoms with Crippen LogP contribution in [0.15, 0.2) is 76.2 Å². The van der Waals surface area contributed by atoms with Crippen LogP contribution < -0.4 is 11.2 Å². The maximum absolute atomic E-state index is 14.2. The van der Waals surface area contributed by atoms with E-state index in [-0.39, 0.29) is 17.7 Å². The predicted molar refractivity (Wildman–Crippen MR) is 113 cm³/mol. The molecular weight excluding hydrogens is 438 g/mol. The van der Waals surface area contributed by atoms with Crippen molar-refractivity contribution in [2.24, 2.45) is 0 Å². The molecular formula is C23H18F2N2O6. The molecule has 0 spiro atoms. The summed E-state index contributed by atoms with van der Waals surface area (Å²) in [4.78, 5) is 50.0. The highest BCUT2D eigenvalue weighted by molar-refractivity contribution is 6.07. The van der Waals surface area contributed by atoms with Crippen molar-refractivity contribution in [2.45, 2.75) is 13.1 Å². The first-order chi connectivity index (χ1) is 15.7. The Morgan fingerprint density at radius 1 is 0.970 bits per heavy atom. The number of benzene rings is 2. The summed E-state index contributed by atoms with van der Waals surface area (Å²) >= 11 is 0. The zero-order valence-corrected chi connectivity index (χ0v) is 17.3. The number of rotatable bonds is 7. The molecule has 0 bridgehead atoms. The lowest BCUT2D eigenvalue weighted by atomic mass is 10.1. The minimum Gasteiger partial charge on any atom is -0.502 e. The van der Waals surface area contributed by atoms with Gasteiger partial charge in [0, 0.05) is 23.4 Å². The number of carbonyl (C=O) groups excluding carboxylic acids is 2. The second kappa shape index (κ2) is 9.86. The van der Waals surface area contributed by atoms with Crippen LogP contribution in [0, 0.1) is 11.6 Å². The molecule has 0 aliphatic heterocycles. The Morgan fingerprint density at radius 2 is 1.52 bits per heavy atom. The van der Waals surface area contributed by atoms with Gasteiger partial charge in [-0.3, -0.25) is 18.7 Å². The first-order valence-corrected chi connectivity index (χ1v) is 9.57. The Kier molecular flexibility index (Phi) is 6.97. The van der Waals surface area contributed by atoms with Gasteiger partial charge in [0.25, 0.3) is 5.56 Å². The van der Waals surface area contributed by atoms with Crippen LogP contribution in [0.5, 0.6) is 0 Å². The smallest absolute Gasteiger partial charge is 0.373 e. The van der Waals surface area contributed by atoms with Gasteiger partial charge in [-0.05, 0) is 12.1 Å². The number of hydrogen-bond acceptors (Lipinski definition) is 6. The summed E-state index contributed by atoms with van der Waals surface area (Å²) in [6, 6.07) is 11.0. The Morgan fingerprint density at radius 3 is 2.06 bits per heavy atom. The van der Waals surface area contributed by atoms with Gasteiger partial charge in [-0.25, -0.2) is 18.4 Å². The van der Waals surface area contributed by atoms with E-state index in [0.29, 0.717) is 10.6 Å². The van der Waals surface area contributed by atoms with E-state index in [2.05, 4.69) is 4.74 Å². The van der Waals surface area contributed by atoms with Gasteiger partial charge < -0.3 is 9.84 Å². The van der Waals surface area contributed by atoms with Crippen molar-refractivity contribution in [2.75, 3.05) is 7.11 Å². The summed E-state index contributed by atoms with van der Waals surface area (Å²) in [7, 11) is 0.979. The summed E-state index contributed by atoms with van der Waals surface area (Å²) in [6.07, 6.45) is 1.37. The number of aliphatic hydroxyl groups is 1. The van der Waals surface area contributed by atoms with Crippen molar-refractivity contribution in [1.82, 2.24) is 9.13 Å². The second-order valence-electron chi connectivity index (χ2n) is 6.91. The van der Waals surface area contributed by atoms with Crippen LogP contribution >= 0.6 is 0 Å². The van der Waals surface area contributed by atoms with E-state index < -0.39 is 52.5 Å². The van der Waals surface area contributed by atoms with Crippen molar-refractivity contribution in [3.8, 4) is 0 Å². The minimum atomic E-state index is -1.21. The van der Waals surface area contributed by atoms with Gasteiger partial charge in [0.1, 0.15) is 17.2 Å². The fraction of sp³-hybridized carbons (Fsp3) is 0.130. The molecule has 0 saturated heterocycles. The van der Waals surface area contributed by atoms with Gasteiger partial charge in [-0.2, -0.15) is 0 Å². The number of aliphatic hydroxyl groups excluding tert-OH is 1. The molecule has 0 aliphatic rings. The topological polar surface area (TPSA) is 108 Å². The van der Waals surface area contributed by atoms with E-state index in [4.69, 9.17) is 0 Å². The minimum absolute atomic E-state index is 0.00620. The lowest BCUT2D eigenvalue weighted by Gasteiger charge is -2.13. The first-order valence-electron chi connectivity index (χ1n) is 9.57. The molecule has 1 heterocycles. The number of nitrogens with zero attached hydrogens (tertiary/aromatic N) is 2. The Bertz CT molecular complexity index is 1370. The van der Waals surface area contributed by atoms with Crippen LogP contribution in [0.3, 0.4) is 0 Å². The normalized spacial score (nSPS) is 11.3. The summed E-state index contributed by atoms with van der Waals surface area (Å²) in [5, 5.41) is 9.67. The molecule has 0 saturated carbocycles. The molecule has 10 heteroatoms. The van der Waals surface area contributed by atoms with E-state index >= 15 is 0 Å². The number of ketones is 1. The van der Waals surface area contributed by atoms with Crippen molar-refractivity contribution >= 4 is 11.8 Å². The SMILES string of the molecule is COC(=O)/C(O)=C/C(=O)c1cn(Cc2ccccc2F)c(=O)n(Cc2ccccc2F)c1=O. The van der Waals surface area contributed by atoms with Crippen LogP contribution in [0.4, 0.5) is 8.78 Å². The number of ether oxygens (including phenoxy) is 1. The molecule has 0 aliphatic carbocycles. The largest absolute Gasteiger partial charge is 0.502 e. The Balaban J connectivity index is 2.18. The van der Waals surface area contributed by atoms with Crippen LogP contribution in [0.25, 0.3) is 0 Å². The van der Waals surface area contributed by atoms with Crippen molar-refractivity contribution in [3.63, 3.8) is 0 Å². The number of carbonyl (C=O) groups is 2. The molecule has 3 rings (SSSR count). The summed E-state index contributed by atoms with van der Waals surface area (Å²) in [5.41, 5.74) is -2.48. The molecule has 0 amide bonds. The molecule has 1 N–H and O–H groups in total. The number of methoxy groups -OCH3 is 1. The van der Waals surface area contributed by atoms with Crippen LogP contribution in [0.1, 0.15) is 21.5 Å². The number of aromatic nitrogens is 2. The van der Waals surface area contributed by atoms with Crippen LogP contribution in [0.2, 0.25) is 0 Å². The average Bonchev–Trinajstić information content (AvgIpc) is 2.80. The number of hydrogen-bond donors (Lipinski definition) is 1. The van der Waals surface area contributed by atoms with Crippen molar-refractivity contribution in [1.29, 1.82) is 0 Å². The quantitative estimate of drug-likeness (QED) is 0.253. The standard InChI is InChI=1S/C23H18F2N2O6/c1-33-22(31)20(29)10-19(28)16-13-26(11-14-6-2-4-8-17(14)24)23(32)27(21(16)30)12-15-7-3-5-9-18(15)25/h2-10,13,29H,11-12H2,1H3/b20-10-. The molecule has 1 aromatic heterocycles. The zero-order chi connectivity index (χ0) is 24.1. The van der Waals surface area contributed by atoms with E-state index in [0.717, 1.165) is 23.9 Å². The van der Waals surface area contributed by atoms with Gasteiger partial charge in [-0.1, -0.05) is 36.4 Å². The zero-order valence-electron chi connectivity index (χ0n) is 17.3. The number of allylic oxidation sites excluding steroid dienone is 1. The molecule has 0 fully saturated rings. The number of halogens is 2. The Hall–Kier alpha value is -4.34. The fourth-order valence-corrected chi connectivity index (χ4v) is 3.05. The molecule has 0 atom stereocenters. The highest BCUT2D eigenvalue weighted by Crippen LogP contribution is 2.10. The summed E-state index contributed by atoms with van der Waals surface area (Å²) in [6.45, 7) is -0.842. The van der Waals surface area contributed by atoms with Gasteiger partial charge >= 0.3 is 11.7 Å². The van der Waals surface area contributed by atoms with Gasteiger partial charge in [0.05, 0.1) is 20.2 Å². The maximum atomic E-state index is 14.2. The van der Waals surface area contributed by atoms with E-state index in [9.17, 15) is 33.1 Å². The lowest BCUT2D eigenvalue weighted by molar-refractivity contribution is -0.139. The summed E-state index contributed by atoms with van der Waals surface area (Å²) in [5.74, 6) is -4.67. The highest BCUT2D eigenvalue weighted by atomic mass is 19.1. The van der Waals surface area contributed by atoms with E-state index in [1.54, 1.807) is 6.07 Å². The molecule has 0 radical (unpaired) electrons. The Labute approximate surface area is 185 Å². The van der Waals surface area contributed by atoms with E-state index in [1.165, 1.54) is 36.4 Å². The van der Waals surface area contributed by atoms with Crippen LogP contribution in [-0.2, 0) is 22.6 Å². The monoisotopic (exact) mass is 456 g/mol. The van der Waals surface area contributed by atoms with Crippen molar-refractivity contribution < 1.29 is 28.2 Å². The predicted octanol–water partition coefficient (Wildman–Crippen LogP) is 2.18. The van der Waals surface area contributed by atoms with Gasteiger partial charge in [0.15, 0.2) is 5.78 Å². The second-order valence-corrected chi connectivity index (χ2v) is 6.91. The van der Waals surface area contributed by atoms with Crippen molar-refractivity contribution in [3.05, 3.63) is 116 Å². The molecule has 170 valence electrons. The molecule has 0 unspecified atom stereocenters. The fourth-order valence-electron chi connectivity index (χ4n) is 3.05. The molecule has 2 aromatic carbocycles. The van der Waals surface area contributed by atoms with Crippen LogP contribution in [-0.4, -0.2) is 33.1 Å². The van der Waals surface area contributed by atoms with E-state index in [1.807, 2.05) is 0 Å². The lowest BCUT2D eigenvalue weighted by Crippen LogP contribution is -2.42. The summed E-state index contributed by atoms with van der Waals surface area (Å²) < 4.78 is 34.1. The highest BCUT2D eigenvalue weighted by Gasteiger charge is 2.20.